The highest BCUT2D eigenvalue weighted by molar-refractivity contribution is 5.74. The van der Waals surface area contributed by atoms with Crippen LogP contribution in [-0.2, 0) is 13.0 Å². The Morgan fingerprint density at radius 2 is 1.58 bits per heavy atom. The number of hydrogen-bond acceptors (Lipinski definition) is 2. The summed E-state index contributed by atoms with van der Waals surface area (Å²) >= 11 is 0. The van der Waals surface area contributed by atoms with Crippen LogP contribution in [0.1, 0.15) is 17.5 Å². The van der Waals surface area contributed by atoms with Crippen LogP contribution in [-0.4, -0.2) is 37.6 Å². The summed E-state index contributed by atoms with van der Waals surface area (Å²) in [6.07, 6.45) is 1.89. The predicted molar refractivity (Wildman–Crippen MR) is 107 cm³/mol. The molecule has 0 aliphatic rings. The average molecular weight is 349 g/mol. The van der Waals surface area contributed by atoms with Crippen LogP contribution in [0.3, 0.4) is 0 Å². The van der Waals surface area contributed by atoms with E-state index in [1.807, 2.05) is 43.4 Å². The summed E-state index contributed by atoms with van der Waals surface area (Å²) in [7, 11) is 2.04. The molecule has 0 fully saturated rings. The van der Waals surface area contributed by atoms with E-state index in [1.165, 1.54) is 11.1 Å². The van der Waals surface area contributed by atoms with Crippen LogP contribution in [0.15, 0.2) is 60.7 Å². The maximum absolute atomic E-state index is 11.7. The normalized spacial score (nSPS) is 10.1. The fourth-order valence-electron chi connectivity index (χ4n) is 2.53. The third kappa shape index (κ3) is 8.36. The molecule has 2 N–H and O–H groups in total. The molecule has 0 unspecified atom stereocenters. The third-order valence-corrected chi connectivity index (χ3v) is 3.88. The second-order valence-corrected chi connectivity index (χ2v) is 6.21. The summed E-state index contributed by atoms with van der Waals surface area (Å²) in [6.45, 7) is 2.57. The van der Waals surface area contributed by atoms with Gasteiger partial charge >= 0.3 is 6.03 Å². The minimum Gasteiger partial charge on any atom is -0.338 e. The van der Waals surface area contributed by atoms with Gasteiger partial charge in [-0.05, 0) is 31.0 Å². The molecule has 2 rings (SSSR count). The van der Waals surface area contributed by atoms with Gasteiger partial charge in [0, 0.05) is 13.1 Å². The van der Waals surface area contributed by atoms with Gasteiger partial charge in [0.1, 0.15) is 0 Å². The van der Waals surface area contributed by atoms with Crippen LogP contribution in [0.5, 0.6) is 0 Å². The van der Waals surface area contributed by atoms with Crippen LogP contribution in [0.2, 0.25) is 0 Å². The van der Waals surface area contributed by atoms with Gasteiger partial charge in [0.25, 0.3) is 0 Å². The molecule has 0 heterocycles. The van der Waals surface area contributed by atoms with Crippen molar-refractivity contribution in [2.75, 3.05) is 26.7 Å². The fraction of sp³-hybridized carbons (Fsp3) is 0.318. The lowest BCUT2D eigenvalue weighted by Crippen LogP contribution is -2.36. The summed E-state index contributed by atoms with van der Waals surface area (Å²) in [6, 6.07) is 20.4. The van der Waals surface area contributed by atoms with Crippen molar-refractivity contribution in [2.45, 2.75) is 19.4 Å². The highest BCUT2D eigenvalue weighted by atomic mass is 16.2. The molecule has 0 saturated heterocycles. The number of carbonyl (C=O) groups is 1. The zero-order valence-corrected chi connectivity index (χ0v) is 15.4. The SMILES string of the molecule is CN(CC#CCNC(=O)NCCCc1ccccc1)Cc1ccccc1. The number of nitrogens with zero attached hydrogens (tertiary/aromatic N) is 1. The van der Waals surface area contributed by atoms with Gasteiger partial charge in [-0.1, -0.05) is 72.5 Å². The molecule has 2 aromatic carbocycles. The Morgan fingerprint density at radius 3 is 2.27 bits per heavy atom. The summed E-state index contributed by atoms with van der Waals surface area (Å²) < 4.78 is 0. The molecule has 0 bridgehead atoms. The molecule has 0 atom stereocenters. The summed E-state index contributed by atoms with van der Waals surface area (Å²) in [4.78, 5) is 13.8. The van der Waals surface area contributed by atoms with Crippen LogP contribution in [0, 0.1) is 11.8 Å². The van der Waals surface area contributed by atoms with Gasteiger partial charge in [0.15, 0.2) is 0 Å². The monoisotopic (exact) mass is 349 g/mol. The van der Waals surface area contributed by atoms with E-state index >= 15 is 0 Å². The summed E-state index contributed by atoms with van der Waals surface area (Å²) in [5.74, 6) is 6.07. The van der Waals surface area contributed by atoms with E-state index in [9.17, 15) is 4.79 Å². The molecule has 0 spiro atoms. The van der Waals surface area contributed by atoms with Crippen molar-refractivity contribution in [3.05, 3.63) is 71.8 Å². The first kappa shape index (κ1) is 19.6. The van der Waals surface area contributed by atoms with Gasteiger partial charge in [-0.3, -0.25) is 4.90 Å². The lowest BCUT2D eigenvalue weighted by Gasteiger charge is -2.12. The maximum Gasteiger partial charge on any atom is 0.315 e. The number of hydrogen-bond donors (Lipinski definition) is 2. The van der Waals surface area contributed by atoms with E-state index in [4.69, 9.17) is 0 Å². The van der Waals surface area contributed by atoms with Gasteiger partial charge in [0.2, 0.25) is 0 Å². The first-order chi connectivity index (χ1) is 12.7. The van der Waals surface area contributed by atoms with Gasteiger partial charge < -0.3 is 10.6 Å². The van der Waals surface area contributed by atoms with E-state index < -0.39 is 0 Å². The average Bonchev–Trinajstić information content (AvgIpc) is 2.66. The number of urea groups is 1. The van der Waals surface area contributed by atoms with E-state index in [2.05, 4.69) is 51.6 Å². The zero-order chi connectivity index (χ0) is 18.5. The Morgan fingerprint density at radius 1 is 0.923 bits per heavy atom. The molecule has 0 radical (unpaired) electrons. The fourth-order valence-corrected chi connectivity index (χ4v) is 2.53. The summed E-state index contributed by atoms with van der Waals surface area (Å²) in [5, 5.41) is 5.62. The van der Waals surface area contributed by atoms with Crippen molar-refractivity contribution in [1.82, 2.24) is 15.5 Å². The van der Waals surface area contributed by atoms with Crippen LogP contribution in [0.25, 0.3) is 0 Å². The van der Waals surface area contributed by atoms with Crippen molar-refractivity contribution >= 4 is 6.03 Å². The predicted octanol–water partition coefficient (Wildman–Crippen LogP) is 3.05. The summed E-state index contributed by atoms with van der Waals surface area (Å²) in [5.41, 5.74) is 2.56. The second-order valence-electron chi connectivity index (χ2n) is 6.21. The lowest BCUT2D eigenvalue weighted by atomic mass is 10.1. The largest absolute Gasteiger partial charge is 0.338 e. The quantitative estimate of drug-likeness (QED) is 0.568. The Balaban J connectivity index is 1.52. The maximum atomic E-state index is 11.7. The van der Waals surface area contributed by atoms with Gasteiger partial charge in [-0.25, -0.2) is 4.79 Å². The Bertz CT molecular complexity index is 704. The molecule has 136 valence electrons. The van der Waals surface area contributed by atoms with Crippen molar-refractivity contribution < 1.29 is 4.79 Å². The van der Waals surface area contributed by atoms with Crippen molar-refractivity contribution in [3.63, 3.8) is 0 Å². The molecule has 2 amide bonds. The standard InChI is InChI=1S/C22H27N3O/c1-25(19-21-13-6-3-7-14-21)18-9-8-16-23-22(26)24-17-10-15-20-11-4-2-5-12-20/h2-7,11-14H,10,15-19H2,1H3,(H2,23,24,26). The topological polar surface area (TPSA) is 44.4 Å². The number of nitrogens with one attached hydrogen (secondary N) is 2. The number of carbonyl (C=O) groups excluding carboxylic acids is 1. The van der Waals surface area contributed by atoms with Crippen LogP contribution >= 0.6 is 0 Å². The molecule has 4 heteroatoms. The smallest absolute Gasteiger partial charge is 0.315 e. The highest BCUT2D eigenvalue weighted by Gasteiger charge is 1.98. The molecule has 0 saturated carbocycles. The van der Waals surface area contributed by atoms with E-state index in [0.717, 1.165) is 19.4 Å². The van der Waals surface area contributed by atoms with Gasteiger partial charge in [-0.15, -0.1) is 0 Å². The van der Waals surface area contributed by atoms with E-state index in [1.54, 1.807) is 0 Å². The van der Waals surface area contributed by atoms with Crippen molar-refractivity contribution in [2.24, 2.45) is 0 Å². The number of aryl methyl sites for hydroxylation is 1. The van der Waals surface area contributed by atoms with Crippen molar-refractivity contribution in [3.8, 4) is 11.8 Å². The lowest BCUT2D eigenvalue weighted by molar-refractivity contribution is 0.242. The Hall–Kier alpha value is -2.77. The van der Waals surface area contributed by atoms with E-state index in [0.29, 0.717) is 19.6 Å². The van der Waals surface area contributed by atoms with Gasteiger partial charge in [-0.2, -0.15) is 0 Å². The van der Waals surface area contributed by atoms with Gasteiger partial charge in [0.05, 0.1) is 13.1 Å². The minimum absolute atomic E-state index is 0.162. The molecule has 26 heavy (non-hydrogen) atoms. The molecule has 2 aromatic rings. The third-order valence-electron chi connectivity index (χ3n) is 3.88. The Kier molecular flexibility index (Phi) is 8.82. The minimum atomic E-state index is -0.162. The first-order valence-electron chi connectivity index (χ1n) is 8.98. The number of amides is 2. The molecule has 0 aliphatic carbocycles. The molecular weight excluding hydrogens is 322 g/mol. The van der Waals surface area contributed by atoms with Crippen molar-refractivity contribution in [1.29, 1.82) is 0 Å². The molecular formula is C22H27N3O. The molecule has 4 nitrogen and oxygen atoms in total. The zero-order valence-electron chi connectivity index (χ0n) is 15.4. The molecule has 0 aliphatic heterocycles. The first-order valence-corrected chi connectivity index (χ1v) is 8.98. The van der Waals surface area contributed by atoms with E-state index in [-0.39, 0.29) is 6.03 Å². The number of rotatable bonds is 8. The number of benzene rings is 2. The highest BCUT2D eigenvalue weighted by Crippen LogP contribution is 2.02. The molecule has 0 aromatic heterocycles. The Labute approximate surface area is 156 Å². The van der Waals surface area contributed by atoms with Crippen LogP contribution < -0.4 is 10.6 Å². The van der Waals surface area contributed by atoms with Crippen LogP contribution in [0.4, 0.5) is 4.79 Å². The second kappa shape index (κ2) is 11.7.